The molecule has 0 radical (unpaired) electrons. The van der Waals surface area contributed by atoms with Crippen LogP contribution < -0.4 is 34.6 Å². The van der Waals surface area contributed by atoms with E-state index in [4.69, 9.17) is 28.1 Å². The number of carbonyl (C=O) groups is 1. The Morgan fingerprint density at radius 2 is 1.51 bits per heavy atom. The van der Waals surface area contributed by atoms with Crippen LogP contribution in [0.4, 0.5) is 5.69 Å². The molecule has 5 rings (SSSR count). The summed E-state index contributed by atoms with van der Waals surface area (Å²) < 4.78 is 33.6. The zero-order chi connectivity index (χ0) is 26.1. The molecule has 37 heavy (non-hydrogen) atoms. The number of rotatable bonds is 7. The van der Waals surface area contributed by atoms with E-state index < -0.39 is 23.6 Å². The van der Waals surface area contributed by atoms with E-state index >= 15 is 0 Å². The molecule has 1 aliphatic heterocycles. The first-order valence-corrected chi connectivity index (χ1v) is 11.5. The lowest BCUT2D eigenvalue weighted by molar-refractivity contribution is -0.122. The Labute approximate surface area is 212 Å². The zero-order valence-corrected chi connectivity index (χ0v) is 20.7. The second kappa shape index (κ2) is 9.77. The van der Waals surface area contributed by atoms with Gasteiger partial charge >= 0.3 is 5.63 Å². The van der Waals surface area contributed by atoms with Gasteiger partial charge in [-0.05, 0) is 42.5 Å². The predicted octanol–water partition coefficient (Wildman–Crippen LogP) is 4.36. The lowest BCUT2D eigenvalue weighted by Crippen LogP contribution is -2.35. The van der Waals surface area contributed by atoms with Gasteiger partial charge in [0.05, 0.1) is 45.3 Å². The van der Waals surface area contributed by atoms with Gasteiger partial charge in [0.15, 0.2) is 17.6 Å². The normalized spacial score (nSPS) is 16.0. The number of anilines is 1. The van der Waals surface area contributed by atoms with Crippen molar-refractivity contribution < 1.29 is 32.9 Å². The number of fused-ring (bicyclic) bond motifs is 3. The quantitative estimate of drug-likeness (QED) is 0.371. The van der Waals surface area contributed by atoms with E-state index in [-0.39, 0.29) is 5.56 Å². The summed E-state index contributed by atoms with van der Waals surface area (Å²) in [6, 6.07) is 17.3. The van der Waals surface area contributed by atoms with Gasteiger partial charge in [0.1, 0.15) is 22.8 Å². The van der Waals surface area contributed by atoms with Gasteiger partial charge in [0.2, 0.25) is 0 Å². The molecule has 4 aromatic rings. The highest BCUT2D eigenvalue weighted by atomic mass is 16.5. The predicted molar refractivity (Wildman–Crippen MR) is 136 cm³/mol. The average molecular weight is 504 g/mol. The number of hydrogen-bond acceptors (Lipinski definition) is 8. The summed E-state index contributed by atoms with van der Waals surface area (Å²) in [5.74, 6) is 0.880. The van der Waals surface area contributed by atoms with Gasteiger partial charge in [0, 0.05) is 17.3 Å². The highest BCUT2D eigenvalue weighted by molar-refractivity contribution is 5.98. The van der Waals surface area contributed by atoms with Crippen LogP contribution in [-0.4, -0.2) is 40.5 Å². The Morgan fingerprint density at radius 3 is 2.19 bits per heavy atom. The van der Waals surface area contributed by atoms with Crippen molar-refractivity contribution in [2.75, 3.05) is 33.8 Å². The molecule has 190 valence electrons. The maximum atomic E-state index is 13.6. The molecule has 9 nitrogen and oxygen atoms in total. The molecule has 1 aromatic heterocycles. The van der Waals surface area contributed by atoms with Crippen LogP contribution in [0.25, 0.3) is 11.0 Å². The van der Waals surface area contributed by atoms with Crippen LogP contribution in [0.1, 0.15) is 17.0 Å². The fraction of sp³-hybridized carbons (Fsp3) is 0.214. The van der Waals surface area contributed by atoms with Gasteiger partial charge in [-0.2, -0.15) is 0 Å². The van der Waals surface area contributed by atoms with Gasteiger partial charge in [-0.1, -0.05) is 12.1 Å². The SMILES string of the molecule is COc1ccc(NC(=O)[C@H]2Oc3c(c(=O)oc4ccccc34)[C@H]2c2cc(OC)c(OC)cc2OC)cc1. The van der Waals surface area contributed by atoms with Crippen LogP contribution >= 0.6 is 0 Å². The molecule has 1 aliphatic rings. The minimum atomic E-state index is -1.11. The molecule has 1 amide bonds. The number of carbonyl (C=O) groups excluding carboxylic acids is 1. The summed E-state index contributed by atoms with van der Waals surface area (Å²) in [7, 11) is 6.07. The molecule has 3 aromatic carbocycles. The van der Waals surface area contributed by atoms with Gasteiger partial charge < -0.3 is 33.4 Å². The molecule has 0 unspecified atom stereocenters. The molecule has 2 heterocycles. The summed E-state index contributed by atoms with van der Waals surface area (Å²) in [5.41, 5.74) is 1.03. The van der Waals surface area contributed by atoms with Crippen LogP contribution in [0.5, 0.6) is 28.7 Å². The standard InChI is InChI=1S/C28H25NO8/c1-32-16-11-9-15(10-12-16)29-27(30)26-23(18-13-21(34-3)22(35-4)14-20(18)33-2)24-25(37-26)17-7-5-6-8-19(17)36-28(24)31/h5-14,23,26H,1-4H3,(H,29,30)/t23-,26+/m1/s1. The Bertz CT molecular complexity index is 1530. The van der Waals surface area contributed by atoms with Crippen LogP contribution in [0.15, 0.2) is 69.9 Å². The van der Waals surface area contributed by atoms with E-state index in [9.17, 15) is 9.59 Å². The Hall–Kier alpha value is -4.66. The smallest absolute Gasteiger partial charge is 0.344 e. The van der Waals surface area contributed by atoms with Crippen molar-refractivity contribution >= 4 is 22.6 Å². The van der Waals surface area contributed by atoms with Crippen LogP contribution in [0.2, 0.25) is 0 Å². The molecular weight excluding hydrogens is 478 g/mol. The van der Waals surface area contributed by atoms with Crippen molar-refractivity contribution in [1.82, 2.24) is 0 Å². The summed E-state index contributed by atoms with van der Waals surface area (Å²) in [5, 5.41) is 3.46. The summed E-state index contributed by atoms with van der Waals surface area (Å²) in [4.78, 5) is 26.9. The van der Waals surface area contributed by atoms with Crippen molar-refractivity contribution in [3.05, 3.63) is 82.2 Å². The second-order valence-electron chi connectivity index (χ2n) is 8.31. The van der Waals surface area contributed by atoms with E-state index in [0.717, 1.165) is 0 Å². The largest absolute Gasteiger partial charge is 0.497 e. The fourth-order valence-electron chi connectivity index (χ4n) is 4.58. The number of methoxy groups -OCH3 is 4. The number of ether oxygens (including phenoxy) is 5. The highest BCUT2D eigenvalue weighted by Crippen LogP contribution is 2.49. The Balaban J connectivity index is 1.67. The summed E-state index contributed by atoms with van der Waals surface area (Å²) >= 11 is 0. The number of nitrogens with one attached hydrogen (secondary N) is 1. The molecule has 1 N–H and O–H groups in total. The monoisotopic (exact) mass is 503 g/mol. The number of amides is 1. The van der Waals surface area contributed by atoms with Gasteiger partial charge in [0.25, 0.3) is 5.91 Å². The molecule has 0 spiro atoms. The van der Waals surface area contributed by atoms with Gasteiger partial charge in [-0.25, -0.2) is 4.79 Å². The molecule has 0 aliphatic carbocycles. The van der Waals surface area contributed by atoms with Gasteiger partial charge in [-0.15, -0.1) is 0 Å². The minimum Gasteiger partial charge on any atom is -0.497 e. The molecule has 0 bridgehead atoms. The van der Waals surface area contributed by atoms with E-state index in [0.29, 0.717) is 51.0 Å². The highest BCUT2D eigenvalue weighted by Gasteiger charge is 2.46. The lowest BCUT2D eigenvalue weighted by atomic mass is 9.87. The first-order chi connectivity index (χ1) is 18.0. The summed E-state index contributed by atoms with van der Waals surface area (Å²) in [6.07, 6.45) is -1.11. The number of benzene rings is 3. The van der Waals surface area contributed by atoms with Crippen LogP contribution in [0, 0.1) is 0 Å². The zero-order valence-electron chi connectivity index (χ0n) is 20.7. The molecule has 0 fully saturated rings. The van der Waals surface area contributed by atoms with Crippen molar-refractivity contribution in [1.29, 1.82) is 0 Å². The average Bonchev–Trinajstić information content (AvgIpc) is 3.34. The van der Waals surface area contributed by atoms with Crippen LogP contribution in [-0.2, 0) is 4.79 Å². The van der Waals surface area contributed by atoms with Crippen LogP contribution in [0.3, 0.4) is 0 Å². The van der Waals surface area contributed by atoms with Crippen molar-refractivity contribution in [3.8, 4) is 28.7 Å². The van der Waals surface area contributed by atoms with Crippen molar-refractivity contribution in [3.63, 3.8) is 0 Å². The van der Waals surface area contributed by atoms with Gasteiger partial charge in [-0.3, -0.25) is 4.79 Å². The third kappa shape index (κ3) is 4.18. The molecule has 2 atom stereocenters. The Morgan fingerprint density at radius 1 is 0.838 bits per heavy atom. The molecule has 0 saturated heterocycles. The van der Waals surface area contributed by atoms with Crippen molar-refractivity contribution in [2.45, 2.75) is 12.0 Å². The second-order valence-corrected chi connectivity index (χ2v) is 8.31. The maximum Gasteiger partial charge on any atom is 0.344 e. The lowest BCUT2D eigenvalue weighted by Gasteiger charge is -2.22. The topological polar surface area (TPSA) is 105 Å². The first kappa shape index (κ1) is 24.1. The number of para-hydroxylation sites is 1. The third-order valence-corrected chi connectivity index (χ3v) is 6.34. The van der Waals surface area contributed by atoms with E-state index in [1.165, 1.54) is 21.3 Å². The first-order valence-electron chi connectivity index (χ1n) is 11.5. The van der Waals surface area contributed by atoms with E-state index in [2.05, 4.69) is 5.32 Å². The molecular formula is C28H25NO8. The minimum absolute atomic E-state index is 0.221. The maximum absolute atomic E-state index is 13.6. The fourth-order valence-corrected chi connectivity index (χ4v) is 4.58. The molecule has 9 heteroatoms. The summed E-state index contributed by atoms with van der Waals surface area (Å²) in [6.45, 7) is 0. The number of hydrogen-bond donors (Lipinski definition) is 1. The van der Waals surface area contributed by atoms with E-state index in [1.54, 1.807) is 61.7 Å². The van der Waals surface area contributed by atoms with E-state index in [1.807, 2.05) is 6.07 Å². The Kier molecular flexibility index (Phi) is 6.35. The molecule has 0 saturated carbocycles. The third-order valence-electron chi connectivity index (χ3n) is 6.34. The van der Waals surface area contributed by atoms with Crippen molar-refractivity contribution in [2.24, 2.45) is 0 Å².